The molecule has 0 unspecified atom stereocenters. The van der Waals surface area contributed by atoms with Crippen LogP contribution in [0.3, 0.4) is 0 Å². The minimum Gasteiger partial charge on any atom is -0.420 e. The Kier molecular flexibility index (Phi) is 5.14. The van der Waals surface area contributed by atoms with Crippen LogP contribution in [0.4, 0.5) is 18.9 Å². The van der Waals surface area contributed by atoms with Gasteiger partial charge >= 0.3 is 17.8 Å². The highest BCUT2D eigenvalue weighted by molar-refractivity contribution is 5.71. The van der Waals surface area contributed by atoms with E-state index in [2.05, 4.69) is 4.74 Å². The molecule has 0 aliphatic heterocycles. The Labute approximate surface area is 129 Å². The SMILES string of the molecule is O=[N+]([O-])c1ccc(C=Cc2ccccc2)cc1OC(F)=C(F)F. The van der Waals surface area contributed by atoms with Gasteiger partial charge in [0, 0.05) is 6.07 Å². The first-order valence-corrected chi connectivity index (χ1v) is 6.37. The fourth-order valence-electron chi connectivity index (χ4n) is 1.76. The number of nitro benzene ring substituents is 1. The lowest BCUT2D eigenvalue weighted by atomic mass is 10.1. The summed E-state index contributed by atoms with van der Waals surface area (Å²) in [6, 6.07) is 10.6. The summed E-state index contributed by atoms with van der Waals surface area (Å²) < 4.78 is 41.4. The monoisotopic (exact) mass is 321 g/mol. The molecule has 0 spiro atoms. The predicted octanol–water partition coefficient (Wildman–Crippen LogP) is 5.18. The Balaban J connectivity index is 2.34. The minimum absolute atomic E-state index is 0.432. The number of hydrogen-bond donors (Lipinski definition) is 0. The third-order valence-corrected chi connectivity index (χ3v) is 2.80. The van der Waals surface area contributed by atoms with Crippen LogP contribution in [0.5, 0.6) is 5.75 Å². The van der Waals surface area contributed by atoms with Crippen molar-refractivity contribution in [3.05, 3.63) is 81.9 Å². The topological polar surface area (TPSA) is 52.4 Å². The van der Waals surface area contributed by atoms with Crippen LogP contribution in [-0.2, 0) is 0 Å². The summed E-state index contributed by atoms with van der Waals surface area (Å²) in [5, 5.41) is 10.8. The van der Waals surface area contributed by atoms with Gasteiger partial charge in [0.15, 0.2) is 0 Å². The predicted molar refractivity (Wildman–Crippen MR) is 79.4 cm³/mol. The van der Waals surface area contributed by atoms with Gasteiger partial charge in [-0.25, -0.2) is 0 Å². The van der Waals surface area contributed by atoms with E-state index < -0.39 is 28.5 Å². The first-order chi connectivity index (χ1) is 11.0. The number of nitrogens with zero attached hydrogens (tertiary/aromatic N) is 1. The van der Waals surface area contributed by atoms with Crippen LogP contribution in [0.25, 0.3) is 12.2 Å². The average molecular weight is 321 g/mol. The molecule has 0 N–H and O–H groups in total. The number of ether oxygens (including phenoxy) is 1. The highest BCUT2D eigenvalue weighted by Gasteiger charge is 2.19. The van der Waals surface area contributed by atoms with Crippen molar-refractivity contribution in [2.24, 2.45) is 0 Å². The normalized spacial score (nSPS) is 10.6. The van der Waals surface area contributed by atoms with Gasteiger partial charge in [0.05, 0.1) is 4.92 Å². The molecular formula is C16H10F3NO3. The average Bonchev–Trinajstić information content (AvgIpc) is 2.53. The van der Waals surface area contributed by atoms with E-state index in [1.165, 1.54) is 6.07 Å². The van der Waals surface area contributed by atoms with E-state index in [9.17, 15) is 23.3 Å². The number of halogens is 3. The molecule has 7 heteroatoms. The minimum atomic E-state index is -2.69. The molecular weight excluding hydrogens is 311 g/mol. The van der Waals surface area contributed by atoms with Gasteiger partial charge in [0.2, 0.25) is 5.75 Å². The summed E-state index contributed by atoms with van der Waals surface area (Å²) in [7, 11) is 0. The Morgan fingerprint density at radius 2 is 1.65 bits per heavy atom. The zero-order valence-corrected chi connectivity index (χ0v) is 11.6. The van der Waals surface area contributed by atoms with E-state index >= 15 is 0 Å². The molecule has 2 aromatic rings. The van der Waals surface area contributed by atoms with E-state index in [-0.39, 0.29) is 0 Å². The lowest BCUT2D eigenvalue weighted by Gasteiger charge is -2.04. The van der Waals surface area contributed by atoms with Crippen LogP contribution >= 0.6 is 0 Å². The van der Waals surface area contributed by atoms with E-state index in [0.717, 1.165) is 17.7 Å². The van der Waals surface area contributed by atoms with Crippen molar-refractivity contribution in [1.82, 2.24) is 0 Å². The van der Waals surface area contributed by atoms with Crippen LogP contribution in [0, 0.1) is 10.1 Å². The first-order valence-electron chi connectivity index (χ1n) is 6.37. The third kappa shape index (κ3) is 4.44. The van der Waals surface area contributed by atoms with Gasteiger partial charge in [-0.3, -0.25) is 10.1 Å². The van der Waals surface area contributed by atoms with E-state index in [0.29, 0.717) is 5.56 Å². The van der Waals surface area contributed by atoms with Crippen molar-refractivity contribution < 1.29 is 22.8 Å². The zero-order valence-electron chi connectivity index (χ0n) is 11.6. The molecule has 0 aliphatic carbocycles. The highest BCUT2D eigenvalue weighted by atomic mass is 19.3. The van der Waals surface area contributed by atoms with Crippen molar-refractivity contribution >= 4 is 17.8 Å². The third-order valence-electron chi connectivity index (χ3n) is 2.80. The van der Waals surface area contributed by atoms with Crippen LogP contribution in [-0.4, -0.2) is 4.92 Å². The Bertz CT molecular complexity index is 769. The summed E-state index contributed by atoms with van der Waals surface area (Å²) in [6.07, 6.45) is 0.621. The fourth-order valence-corrected chi connectivity index (χ4v) is 1.76. The van der Waals surface area contributed by atoms with Gasteiger partial charge in [-0.15, -0.1) is 0 Å². The summed E-state index contributed by atoms with van der Waals surface area (Å²) in [5.74, 6) is -0.601. The van der Waals surface area contributed by atoms with Gasteiger partial charge in [-0.2, -0.15) is 13.2 Å². The standard InChI is InChI=1S/C16H10F3NO3/c17-15(18)16(19)23-14-10-12(8-9-13(14)20(21)22)7-6-11-4-2-1-3-5-11/h1-10H. The maximum atomic E-state index is 12.9. The Hall–Kier alpha value is -3.09. The van der Waals surface area contributed by atoms with Crippen molar-refractivity contribution in [3.63, 3.8) is 0 Å². The van der Waals surface area contributed by atoms with Crippen LogP contribution in [0.1, 0.15) is 11.1 Å². The molecule has 0 fully saturated rings. The molecule has 23 heavy (non-hydrogen) atoms. The zero-order chi connectivity index (χ0) is 16.8. The first kappa shape index (κ1) is 16.3. The molecule has 0 amide bonds. The molecule has 0 aliphatic rings. The second-order valence-corrected chi connectivity index (χ2v) is 4.36. The molecule has 118 valence electrons. The second-order valence-electron chi connectivity index (χ2n) is 4.36. The smallest absolute Gasteiger partial charge is 0.345 e. The maximum Gasteiger partial charge on any atom is 0.345 e. The lowest BCUT2D eigenvalue weighted by Crippen LogP contribution is -1.97. The van der Waals surface area contributed by atoms with Gasteiger partial charge in [0.25, 0.3) is 0 Å². The van der Waals surface area contributed by atoms with Crippen molar-refractivity contribution in [2.45, 2.75) is 0 Å². The number of benzene rings is 2. The molecule has 2 rings (SSSR count). The maximum absolute atomic E-state index is 12.9. The molecule has 0 heterocycles. The van der Waals surface area contributed by atoms with Gasteiger partial charge < -0.3 is 4.74 Å². The number of hydrogen-bond acceptors (Lipinski definition) is 3. The molecule has 0 saturated heterocycles. The van der Waals surface area contributed by atoms with Crippen LogP contribution in [0.2, 0.25) is 0 Å². The lowest BCUT2D eigenvalue weighted by molar-refractivity contribution is -0.385. The molecule has 0 aromatic heterocycles. The molecule has 2 aromatic carbocycles. The van der Waals surface area contributed by atoms with Crippen LogP contribution < -0.4 is 4.74 Å². The summed E-state index contributed by atoms with van der Waals surface area (Å²) in [4.78, 5) is 10.0. The number of nitro groups is 1. The van der Waals surface area contributed by atoms with E-state index in [4.69, 9.17) is 0 Å². The van der Waals surface area contributed by atoms with E-state index in [1.807, 2.05) is 30.3 Å². The molecule has 0 bridgehead atoms. The Morgan fingerprint density at radius 1 is 1.00 bits per heavy atom. The van der Waals surface area contributed by atoms with Gasteiger partial charge in [-0.05, 0) is 23.3 Å². The van der Waals surface area contributed by atoms with Gasteiger partial charge in [-0.1, -0.05) is 42.5 Å². The second kappa shape index (κ2) is 7.26. The summed E-state index contributed by atoms with van der Waals surface area (Å²) in [5.41, 5.74) is 0.689. The highest BCUT2D eigenvalue weighted by Crippen LogP contribution is 2.31. The van der Waals surface area contributed by atoms with Crippen molar-refractivity contribution in [1.29, 1.82) is 0 Å². The van der Waals surface area contributed by atoms with Crippen molar-refractivity contribution in [2.75, 3.05) is 0 Å². The summed E-state index contributed by atoms with van der Waals surface area (Å²) in [6.45, 7) is 0. The van der Waals surface area contributed by atoms with Crippen LogP contribution in [0.15, 0.2) is 60.6 Å². The molecule has 0 saturated carbocycles. The molecule has 0 radical (unpaired) electrons. The number of rotatable bonds is 5. The largest absolute Gasteiger partial charge is 0.420 e. The van der Waals surface area contributed by atoms with E-state index in [1.54, 1.807) is 12.2 Å². The van der Waals surface area contributed by atoms with Gasteiger partial charge in [0.1, 0.15) is 0 Å². The van der Waals surface area contributed by atoms with Crippen molar-refractivity contribution in [3.8, 4) is 5.75 Å². The quantitative estimate of drug-likeness (QED) is 0.330. The Morgan fingerprint density at radius 3 is 2.26 bits per heavy atom. The molecule has 4 nitrogen and oxygen atoms in total. The molecule has 0 atom stereocenters. The summed E-state index contributed by atoms with van der Waals surface area (Å²) >= 11 is 0. The fraction of sp³-hybridized carbons (Fsp3) is 0.